The molecule has 0 fully saturated rings. The third-order valence-electron chi connectivity index (χ3n) is 7.84. The fourth-order valence-corrected chi connectivity index (χ4v) is 3.72. The highest BCUT2D eigenvalue weighted by Crippen LogP contribution is 2.71. The van der Waals surface area contributed by atoms with Crippen molar-refractivity contribution in [3.05, 3.63) is 6.42 Å². The van der Waals surface area contributed by atoms with Crippen molar-refractivity contribution in [2.24, 2.45) is 0 Å². The van der Waals surface area contributed by atoms with E-state index in [-0.39, 0.29) is 0 Å². The Kier molecular flexibility index (Phi) is 13.7. The van der Waals surface area contributed by atoms with Crippen LogP contribution in [0.2, 0.25) is 0 Å². The van der Waals surface area contributed by atoms with Gasteiger partial charge in [0.1, 0.15) is 0 Å². The standard InChI is InChI=1S/C22H4F41/c1-2-3(23,24)4(25,26)5(27,28)6(29,30)7(31,32)8(33,34)9(35,36)10(37,38)11(39,40)12(41,42)13(43,44)14(45,46)15(47,48)16(49,50)17(51,52)18(53,54)19(55,56)20(57,58)21(59,60)22(61,62)63/h2H,1H3. The fourth-order valence-electron chi connectivity index (χ4n) is 3.72. The van der Waals surface area contributed by atoms with E-state index < -0.39 is 132 Å². The average molecular weight is 1050 g/mol. The average Bonchev–Trinajstić information content (AvgIpc) is 3.05. The minimum Gasteiger partial charge on any atom is -0.199 e. The van der Waals surface area contributed by atoms with E-state index >= 15 is 0 Å². The van der Waals surface area contributed by atoms with Gasteiger partial charge in [-0.05, 0) is 0 Å². The Balaban J connectivity index is 7.99. The van der Waals surface area contributed by atoms with Crippen LogP contribution in [-0.2, 0) is 0 Å². The van der Waals surface area contributed by atoms with E-state index in [4.69, 9.17) is 0 Å². The lowest BCUT2D eigenvalue weighted by molar-refractivity contribution is -0.495. The topological polar surface area (TPSA) is 0 Å². The van der Waals surface area contributed by atoms with E-state index in [0.29, 0.717) is 0 Å². The Morgan fingerprint density at radius 3 is 0.349 bits per heavy atom. The number of hydrogen-bond acceptors (Lipinski definition) is 0. The Morgan fingerprint density at radius 2 is 0.254 bits per heavy atom. The van der Waals surface area contributed by atoms with Crippen LogP contribution in [0.5, 0.6) is 0 Å². The molecule has 0 rings (SSSR count). The summed E-state index contributed by atoms with van der Waals surface area (Å²) in [6.07, 6.45) is -10.3. The Labute approximate surface area is 313 Å². The SMILES string of the molecule is C[CH]C(F)(F)C(F)(F)C(F)(F)C(F)(F)C(F)(F)C(F)(F)C(F)(F)C(F)(F)C(F)(F)C(F)(F)C(F)(F)C(F)(F)C(F)(F)C(F)(F)C(F)(F)C(F)(F)C(F)(F)C(F)(F)C(F)(F)C(F)(F)F. The summed E-state index contributed by atoms with van der Waals surface area (Å²) in [5.41, 5.74) is 0. The first-order valence-corrected chi connectivity index (χ1v) is 13.4. The summed E-state index contributed by atoms with van der Waals surface area (Å²) in [5.74, 6) is -188. The van der Waals surface area contributed by atoms with E-state index in [1.54, 1.807) is 0 Å². The summed E-state index contributed by atoms with van der Waals surface area (Å²) in [4.78, 5) is 0. The number of alkyl halides is 41. The van der Waals surface area contributed by atoms with Crippen LogP contribution in [-0.4, -0.2) is 119 Å². The van der Waals surface area contributed by atoms with Gasteiger partial charge in [0.05, 0.1) is 0 Å². The maximum atomic E-state index is 14.0. The zero-order valence-corrected chi connectivity index (χ0v) is 27.1. The molecule has 0 saturated carbocycles. The number of rotatable bonds is 19. The summed E-state index contributed by atoms with van der Waals surface area (Å²) < 4.78 is 556. The van der Waals surface area contributed by atoms with Gasteiger partial charge in [0.15, 0.2) is 0 Å². The number of halogens is 41. The van der Waals surface area contributed by atoms with E-state index in [2.05, 4.69) is 0 Å². The monoisotopic (exact) mass is 1050 g/mol. The second-order valence-electron chi connectivity index (χ2n) is 11.7. The van der Waals surface area contributed by atoms with Crippen LogP contribution in [0.1, 0.15) is 6.92 Å². The van der Waals surface area contributed by atoms with Gasteiger partial charge < -0.3 is 0 Å². The first-order valence-electron chi connectivity index (χ1n) is 13.4. The summed E-state index contributed by atoms with van der Waals surface area (Å²) in [7, 11) is 0. The maximum absolute atomic E-state index is 14.0. The van der Waals surface area contributed by atoms with E-state index in [1.165, 1.54) is 0 Å². The molecule has 0 bridgehead atoms. The van der Waals surface area contributed by atoms with Crippen molar-refractivity contribution in [1.82, 2.24) is 0 Å². The smallest absolute Gasteiger partial charge is 0.199 e. The molecule has 0 aromatic carbocycles. The predicted molar refractivity (Wildman–Crippen MR) is 110 cm³/mol. The quantitative estimate of drug-likeness (QED) is 0.113. The largest absolute Gasteiger partial charge is 0.460 e. The van der Waals surface area contributed by atoms with Gasteiger partial charge in [-0.2, -0.15) is 180 Å². The van der Waals surface area contributed by atoms with Crippen LogP contribution < -0.4 is 0 Å². The van der Waals surface area contributed by atoms with Gasteiger partial charge in [0.25, 0.3) is 0 Å². The van der Waals surface area contributed by atoms with Crippen molar-refractivity contribution >= 4 is 0 Å². The van der Waals surface area contributed by atoms with E-state index in [9.17, 15) is 180 Å². The molecule has 0 aromatic rings. The van der Waals surface area contributed by atoms with Crippen LogP contribution in [0.3, 0.4) is 0 Å². The molecule has 0 nitrogen and oxygen atoms in total. The molecule has 0 aliphatic rings. The van der Waals surface area contributed by atoms with Crippen LogP contribution in [0, 0.1) is 6.42 Å². The first-order chi connectivity index (χ1) is 26.3. The van der Waals surface area contributed by atoms with Crippen molar-refractivity contribution in [2.75, 3.05) is 0 Å². The van der Waals surface area contributed by atoms with Crippen molar-refractivity contribution < 1.29 is 180 Å². The highest BCUT2D eigenvalue weighted by Gasteiger charge is 3.03. The molecular formula is C22H4F41. The molecule has 41 heteroatoms. The van der Waals surface area contributed by atoms with Crippen molar-refractivity contribution in [3.8, 4) is 0 Å². The maximum Gasteiger partial charge on any atom is 0.460 e. The van der Waals surface area contributed by atoms with Gasteiger partial charge in [-0.15, -0.1) is 0 Å². The van der Waals surface area contributed by atoms with Gasteiger partial charge in [-0.3, -0.25) is 0 Å². The zero-order valence-electron chi connectivity index (χ0n) is 27.1. The third kappa shape index (κ3) is 6.59. The molecule has 0 amide bonds. The van der Waals surface area contributed by atoms with E-state index in [0.717, 1.165) is 0 Å². The molecule has 0 aromatic heterocycles. The summed E-state index contributed by atoms with van der Waals surface area (Å²) in [6.45, 7) is -0.644. The summed E-state index contributed by atoms with van der Waals surface area (Å²) >= 11 is 0. The second-order valence-corrected chi connectivity index (χ2v) is 11.7. The van der Waals surface area contributed by atoms with Gasteiger partial charge in [-0.1, -0.05) is 6.92 Å². The van der Waals surface area contributed by atoms with Crippen LogP contribution in [0.25, 0.3) is 0 Å². The molecule has 0 atom stereocenters. The lowest BCUT2D eigenvalue weighted by Gasteiger charge is -2.47. The zero-order chi connectivity index (χ0) is 52.7. The Bertz CT molecular complexity index is 1650. The van der Waals surface area contributed by atoms with Gasteiger partial charge in [0, 0.05) is 6.42 Å². The molecule has 0 N–H and O–H groups in total. The Hall–Kier alpha value is -2.87. The van der Waals surface area contributed by atoms with E-state index in [1.807, 2.05) is 0 Å². The molecule has 1 radical (unpaired) electrons. The van der Waals surface area contributed by atoms with Crippen molar-refractivity contribution in [2.45, 2.75) is 126 Å². The molecule has 0 spiro atoms. The van der Waals surface area contributed by atoms with Crippen molar-refractivity contribution in [3.63, 3.8) is 0 Å². The Morgan fingerprint density at radius 1 is 0.159 bits per heavy atom. The van der Waals surface area contributed by atoms with Gasteiger partial charge >= 0.3 is 119 Å². The number of hydrogen-bond donors (Lipinski definition) is 0. The molecule has 63 heavy (non-hydrogen) atoms. The van der Waals surface area contributed by atoms with Crippen LogP contribution in [0.4, 0.5) is 180 Å². The summed E-state index contributed by atoms with van der Waals surface area (Å²) in [5, 5.41) is 0. The molecule has 379 valence electrons. The molecule has 0 aliphatic carbocycles. The fraction of sp³-hybridized carbons (Fsp3) is 0.955. The van der Waals surface area contributed by atoms with Crippen LogP contribution >= 0.6 is 0 Å². The predicted octanol–water partition coefficient (Wildman–Crippen LogP) is 13.8. The van der Waals surface area contributed by atoms with Gasteiger partial charge in [-0.25, -0.2) is 0 Å². The second kappa shape index (κ2) is 14.3. The first kappa shape index (κ1) is 60.1. The van der Waals surface area contributed by atoms with Crippen LogP contribution in [0.15, 0.2) is 0 Å². The highest BCUT2D eigenvalue weighted by molar-refractivity contribution is 5.23. The van der Waals surface area contributed by atoms with Crippen molar-refractivity contribution in [1.29, 1.82) is 0 Å². The molecule has 0 aliphatic heterocycles. The highest BCUT2D eigenvalue weighted by atomic mass is 19.4. The lowest BCUT2D eigenvalue weighted by Crippen LogP contribution is -2.80. The lowest BCUT2D eigenvalue weighted by atomic mass is 9.81. The molecule has 0 heterocycles. The third-order valence-corrected chi connectivity index (χ3v) is 7.84. The normalized spacial score (nSPS) is 17.4. The minimum absolute atomic E-state index is 0.644. The molecule has 0 saturated heterocycles. The van der Waals surface area contributed by atoms with Gasteiger partial charge in [0.2, 0.25) is 0 Å². The minimum atomic E-state index is -10.6. The molecule has 0 unspecified atom stereocenters. The molecular weight excluding hydrogens is 1040 g/mol. The summed E-state index contributed by atoms with van der Waals surface area (Å²) in [6, 6.07) is 0.